The molecule has 2 N–H and O–H groups in total. The Bertz CT molecular complexity index is 2620. The Kier molecular flexibility index (Phi) is 15.5. The number of pyridine rings is 2. The van der Waals surface area contributed by atoms with Crippen molar-refractivity contribution in [1.82, 2.24) is 9.97 Å². The predicted octanol–water partition coefficient (Wildman–Crippen LogP) is 11.4. The van der Waals surface area contributed by atoms with Gasteiger partial charge >= 0.3 is 0 Å². The van der Waals surface area contributed by atoms with Crippen LogP contribution < -0.4 is 20.4 Å². The minimum absolute atomic E-state index is 0.0417. The third kappa shape index (κ3) is 12.5. The fourth-order valence-corrected chi connectivity index (χ4v) is 5.96. The Hall–Kier alpha value is -7.53. The molecule has 0 radical (unpaired) electrons. The van der Waals surface area contributed by atoms with Crippen LogP contribution in [0.15, 0.2) is 152 Å². The number of hydrogen-bond acceptors (Lipinski definition) is 8. The number of nitrogens with zero attached hydrogens (tertiary/aromatic N) is 5. The van der Waals surface area contributed by atoms with Crippen LogP contribution >= 0.6 is 0 Å². The summed E-state index contributed by atoms with van der Waals surface area (Å²) in [6.07, 6.45) is 0.759. The lowest BCUT2D eigenvalue weighted by molar-refractivity contribution is 0.101. The van der Waals surface area contributed by atoms with E-state index in [2.05, 4.69) is 46.4 Å². The van der Waals surface area contributed by atoms with Gasteiger partial charge in [-0.3, -0.25) is 9.59 Å². The van der Waals surface area contributed by atoms with E-state index < -0.39 is 0 Å². The number of carbonyl (C=O) groups excluding carboxylic acids is 2. The maximum absolute atomic E-state index is 13.0. The van der Waals surface area contributed by atoms with Gasteiger partial charge in [-0.05, 0) is 134 Å². The van der Waals surface area contributed by atoms with Crippen LogP contribution in [0, 0.1) is 17.5 Å². The fourth-order valence-electron chi connectivity index (χ4n) is 5.96. The molecule has 0 saturated carbocycles. The van der Waals surface area contributed by atoms with Gasteiger partial charge < -0.3 is 20.4 Å². The van der Waals surface area contributed by atoms with E-state index in [1.165, 1.54) is 55.5 Å². The van der Waals surface area contributed by atoms with Crippen LogP contribution in [0.4, 0.5) is 35.9 Å². The zero-order valence-corrected chi connectivity index (χ0v) is 35.8. The van der Waals surface area contributed by atoms with Crippen molar-refractivity contribution in [3.05, 3.63) is 180 Å². The number of nitrogen functional groups attached to an aromatic ring is 1. The highest BCUT2D eigenvalue weighted by Crippen LogP contribution is 2.26. The molecule has 8 nitrogen and oxygen atoms in total. The van der Waals surface area contributed by atoms with Gasteiger partial charge in [0.25, 0.3) is 0 Å². The van der Waals surface area contributed by atoms with E-state index in [0.717, 1.165) is 67.7 Å². The molecule has 0 aliphatic heterocycles. The monoisotopic (exact) mass is 834 g/mol. The van der Waals surface area contributed by atoms with Crippen LogP contribution in [0.3, 0.4) is 0 Å². The molecule has 2 aromatic heterocycles. The summed E-state index contributed by atoms with van der Waals surface area (Å²) in [5, 5.41) is 2.20. The molecule has 316 valence electrons. The minimum atomic E-state index is -0.315. The van der Waals surface area contributed by atoms with Gasteiger partial charge in [0.1, 0.15) is 17.5 Å². The highest BCUT2D eigenvalue weighted by atomic mass is 19.1. The number of benzene rings is 6. The molecular weight excluding hydrogens is 786 g/mol. The van der Waals surface area contributed by atoms with Crippen LogP contribution in [0.1, 0.15) is 27.6 Å². The summed E-state index contributed by atoms with van der Waals surface area (Å²) in [6.45, 7) is 1.45. The Morgan fingerprint density at radius 3 is 1.21 bits per heavy atom. The maximum Gasteiger partial charge on any atom is 0.159 e. The number of ketones is 1. The SMILES string of the molecule is CC(=O)c1ccc(F)cc1.CN(C)c1ccc(C=O)c(N)c1.CN(C)c1ccc2ccc(-c3ccc(F)cc3)nc2c1.CN(C)c1ccc2ccc(-c3ccc(F)cc3)nc2c1. The Labute approximate surface area is 360 Å². The third-order valence-corrected chi connectivity index (χ3v) is 9.63. The molecular formula is C51H49F3N6O2. The average Bonchev–Trinajstić information content (AvgIpc) is 3.27. The van der Waals surface area contributed by atoms with Crippen LogP contribution in [0.25, 0.3) is 44.3 Å². The summed E-state index contributed by atoms with van der Waals surface area (Å²) in [4.78, 5) is 36.4. The van der Waals surface area contributed by atoms with Crippen molar-refractivity contribution in [2.75, 3.05) is 62.7 Å². The largest absolute Gasteiger partial charge is 0.398 e. The lowest BCUT2D eigenvalue weighted by Crippen LogP contribution is -2.09. The molecule has 0 aliphatic rings. The first-order valence-corrected chi connectivity index (χ1v) is 19.6. The molecule has 11 heteroatoms. The molecule has 8 rings (SSSR count). The standard InChI is InChI=1S/2C17H15FN2.C9H12N2O.C8H7FO/c2*1-20(2)15-9-5-13-6-10-16(19-17(13)11-15)12-3-7-14(18)8-4-12;1-11(2)8-4-3-7(6-12)9(10)5-8;1-6(10)7-2-4-8(9)5-3-7/h2*3-11H,1-2H3;3-6H,10H2,1-2H3;2-5H,1H3. The van der Waals surface area contributed by atoms with Gasteiger partial charge in [0.15, 0.2) is 12.1 Å². The molecule has 0 amide bonds. The first-order valence-electron chi connectivity index (χ1n) is 19.6. The van der Waals surface area contributed by atoms with Crippen LogP contribution in [-0.2, 0) is 0 Å². The van der Waals surface area contributed by atoms with Crippen molar-refractivity contribution in [2.45, 2.75) is 6.92 Å². The molecule has 0 atom stereocenters. The van der Waals surface area contributed by atoms with E-state index in [0.29, 0.717) is 16.8 Å². The summed E-state index contributed by atoms with van der Waals surface area (Å²) in [7, 11) is 11.9. The summed E-state index contributed by atoms with van der Waals surface area (Å²) in [6, 6.07) is 44.1. The van der Waals surface area contributed by atoms with Crippen molar-refractivity contribution in [3.8, 4) is 22.5 Å². The van der Waals surface area contributed by atoms with Gasteiger partial charge in [-0.15, -0.1) is 0 Å². The van der Waals surface area contributed by atoms with Gasteiger partial charge in [-0.2, -0.15) is 0 Å². The second-order valence-electron chi connectivity index (χ2n) is 14.8. The summed E-state index contributed by atoms with van der Waals surface area (Å²) >= 11 is 0. The summed E-state index contributed by atoms with van der Waals surface area (Å²) in [5.41, 5.74) is 15.9. The Balaban J connectivity index is 0.000000163. The van der Waals surface area contributed by atoms with Gasteiger partial charge in [-0.1, -0.05) is 24.3 Å². The van der Waals surface area contributed by atoms with E-state index in [4.69, 9.17) is 5.73 Å². The van der Waals surface area contributed by atoms with E-state index in [1.807, 2.05) is 87.3 Å². The number of Topliss-reactive ketones (excluding diaryl/α,β-unsaturated/α-hetero) is 1. The van der Waals surface area contributed by atoms with Crippen molar-refractivity contribution in [1.29, 1.82) is 0 Å². The minimum Gasteiger partial charge on any atom is -0.398 e. The van der Waals surface area contributed by atoms with E-state index in [-0.39, 0.29) is 23.2 Å². The molecule has 62 heavy (non-hydrogen) atoms. The zero-order valence-electron chi connectivity index (χ0n) is 35.8. The fraction of sp³-hybridized carbons (Fsp3) is 0.137. The number of rotatable bonds is 7. The van der Waals surface area contributed by atoms with Crippen LogP contribution in [-0.4, -0.2) is 64.3 Å². The maximum atomic E-state index is 13.0. The number of anilines is 4. The van der Waals surface area contributed by atoms with Crippen molar-refractivity contribution in [3.63, 3.8) is 0 Å². The number of aldehydes is 1. The molecule has 8 aromatic rings. The molecule has 6 aromatic carbocycles. The second kappa shape index (κ2) is 21.1. The number of halogens is 3. The molecule has 2 heterocycles. The first-order chi connectivity index (χ1) is 29.6. The highest BCUT2D eigenvalue weighted by molar-refractivity contribution is 5.94. The zero-order chi connectivity index (χ0) is 44.9. The number of aromatic nitrogens is 2. The quantitative estimate of drug-likeness (QED) is 0.0963. The smallest absolute Gasteiger partial charge is 0.159 e. The number of carbonyl (C=O) groups is 2. The molecule has 0 bridgehead atoms. The lowest BCUT2D eigenvalue weighted by Gasteiger charge is -2.13. The molecule has 0 fully saturated rings. The molecule has 0 spiro atoms. The lowest BCUT2D eigenvalue weighted by atomic mass is 10.1. The van der Waals surface area contributed by atoms with E-state index in [9.17, 15) is 22.8 Å². The number of nitrogens with two attached hydrogens (primary N) is 1. The first kappa shape index (κ1) is 45.6. The van der Waals surface area contributed by atoms with Gasteiger partial charge in [0.05, 0.1) is 22.4 Å². The molecule has 0 unspecified atom stereocenters. The van der Waals surface area contributed by atoms with Crippen molar-refractivity contribution in [2.24, 2.45) is 0 Å². The van der Waals surface area contributed by atoms with Crippen LogP contribution in [0.5, 0.6) is 0 Å². The number of hydrogen-bond donors (Lipinski definition) is 1. The van der Waals surface area contributed by atoms with E-state index >= 15 is 0 Å². The Morgan fingerprint density at radius 2 is 0.855 bits per heavy atom. The van der Waals surface area contributed by atoms with Crippen molar-refractivity contribution >= 4 is 56.6 Å². The van der Waals surface area contributed by atoms with Gasteiger partial charge in [0.2, 0.25) is 0 Å². The molecule has 0 saturated heterocycles. The summed E-state index contributed by atoms with van der Waals surface area (Å²) in [5.74, 6) is -0.820. The number of fused-ring (bicyclic) bond motifs is 2. The predicted molar refractivity (Wildman–Crippen MR) is 250 cm³/mol. The summed E-state index contributed by atoms with van der Waals surface area (Å²) < 4.78 is 38.2. The van der Waals surface area contributed by atoms with E-state index in [1.54, 1.807) is 36.4 Å². The van der Waals surface area contributed by atoms with Crippen LogP contribution in [0.2, 0.25) is 0 Å². The second-order valence-corrected chi connectivity index (χ2v) is 14.8. The highest BCUT2D eigenvalue weighted by Gasteiger charge is 2.06. The van der Waals surface area contributed by atoms with Gasteiger partial charge in [-0.25, -0.2) is 23.1 Å². The normalized spacial score (nSPS) is 10.3. The third-order valence-electron chi connectivity index (χ3n) is 9.63. The Morgan fingerprint density at radius 1 is 0.500 bits per heavy atom. The van der Waals surface area contributed by atoms with Gasteiger partial charge in [0, 0.05) is 98.1 Å². The molecule has 0 aliphatic carbocycles. The average molecular weight is 835 g/mol. The van der Waals surface area contributed by atoms with Crippen molar-refractivity contribution < 1.29 is 22.8 Å². The topological polar surface area (TPSA) is 95.7 Å².